The van der Waals surface area contributed by atoms with Crippen LogP contribution >= 0.6 is 0 Å². The fraction of sp³-hybridized carbons (Fsp3) is 0.667. The molecule has 2 rings (SSSR count). The van der Waals surface area contributed by atoms with Crippen LogP contribution in [-0.4, -0.2) is 36.2 Å². The van der Waals surface area contributed by atoms with E-state index in [-0.39, 0.29) is 6.04 Å². The minimum atomic E-state index is 0.209. The molecule has 5 nitrogen and oxygen atoms in total. The van der Waals surface area contributed by atoms with Gasteiger partial charge in [0.2, 0.25) is 5.95 Å². The predicted octanol–water partition coefficient (Wildman–Crippen LogP) is 0.905. The lowest BCUT2D eigenvalue weighted by molar-refractivity contribution is 0.382. The summed E-state index contributed by atoms with van der Waals surface area (Å²) in [4.78, 5) is 10.7. The van der Waals surface area contributed by atoms with Gasteiger partial charge in [-0.3, -0.25) is 0 Å². The molecule has 1 aromatic rings. The minimum Gasteiger partial charge on any atom is -0.494 e. The molecule has 2 heterocycles. The van der Waals surface area contributed by atoms with Gasteiger partial charge in [0.15, 0.2) is 5.75 Å². The second kappa shape index (κ2) is 4.87. The van der Waals surface area contributed by atoms with Crippen molar-refractivity contribution in [1.29, 1.82) is 0 Å². The Hall–Kier alpha value is -1.36. The lowest BCUT2D eigenvalue weighted by Crippen LogP contribution is -2.32. The first-order chi connectivity index (χ1) is 8.11. The first-order valence-corrected chi connectivity index (χ1v) is 5.98. The van der Waals surface area contributed by atoms with Crippen LogP contribution in [0.2, 0.25) is 0 Å². The molecule has 94 valence electrons. The number of aromatic nitrogens is 2. The Kier molecular flexibility index (Phi) is 3.47. The summed E-state index contributed by atoms with van der Waals surface area (Å²) >= 11 is 0. The molecule has 1 saturated heterocycles. The van der Waals surface area contributed by atoms with Crippen LogP contribution in [0.15, 0.2) is 12.4 Å². The molecule has 2 N–H and O–H groups in total. The topological polar surface area (TPSA) is 64.3 Å². The van der Waals surface area contributed by atoms with Gasteiger partial charge in [0, 0.05) is 19.1 Å². The van der Waals surface area contributed by atoms with Crippen LogP contribution in [0.4, 0.5) is 5.95 Å². The number of nitrogens with zero attached hydrogens (tertiary/aromatic N) is 3. The molecule has 0 unspecified atom stereocenters. The summed E-state index contributed by atoms with van der Waals surface area (Å²) in [5, 5.41) is 0. The molecular weight excluding hydrogens is 216 g/mol. The largest absolute Gasteiger partial charge is 0.494 e. The van der Waals surface area contributed by atoms with Crippen molar-refractivity contribution < 1.29 is 4.74 Å². The van der Waals surface area contributed by atoms with E-state index in [9.17, 15) is 0 Å². The highest BCUT2D eigenvalue weighted by Gasteiger charge is 2.33. The smallest absolute Gasteiger partial charge is 0.225 e. The molecule has 1 aromatic heterocycles. The number of anilines is 1. The standard InChI is InChI=1S/C12H20N4O/c1-8(2)10-6-16(7-11(10)13)12-14-4-9(17-3)5-15-12/h4-5,8,10-11H,6-7,13H2,1-3H3/t10-,11+/m1/s1. The van der Waals surface area contributed by atoms with Crippen LogP contribution < -0.4 is 15.4 Å². The fourth-order valence-corrected chi connectivity index (χ4v) is 2.30. The molecule has 1 aliphatic rings. The minimum absolute atomic E-state index is 0.209. The van der Waals surface area contributed by atoms with E-state index in [0.29, 0.717) is 17.6 Å². The van der Waals surface area contributed by atoms with Crippen LogP contribution in [-0.2, 0) is 0 Å². The molecule has 1 fully saturated rings. The average molecular weight is 236 g/mol. The summed E-state index contributed by atoms with van der Waals surface area (Å²) in [6, 6.07) is 0.209. The highest BCUT2D eigenvalue weighted by Crippen LogP contribution is 2.25. The van der Waals surface area contributed by atoms with Crippen molar-refractivity contribution in [2.24, 2.45) is 17.6 Å². The van der Waals surface area contributed by atoms with Crippen LogP contribution in [0.5, 0.6) is 5.75 Å². The van der Waals surface area contributed by atoms with Crippen molar-refractivity contribution >= 4 is 5.95 Å². The zero-order valence-corrected chi connectivity index (χ0v) is 10.6. The number of ether oxygens (including phenoxy) is 1. The molecule has 1 aliphatic heterocycles. The van der Waals surface area contributed by atoms with E-state index in [4.69, 9.17) is 10.5 Å². The third kappa shape index (κ3) is 2.49. The molecule has 0 radical (unpaired) electrons. The van der Waals surface area contributed by atoms with Gasteiger partial charge in [0.05, 0.1) is 19.5 Å². The van der Waals surface area contributed by atoms with Crippen LogP contribution in [0.1, 0.15) is 13.8 Å². The summed E-state index contributed by atoms with van der Waals surface area (Å²) in [5.74, 6) is 2.52. The van der Waals surface area contributed by atoms with E-state index in [1.165, 1.54) is 0 Å². The third-order valence-electron chi connectivity index (χ3n) is 3.40. The van der Waals surface area contributed by atoms with Gasteiger partial charge in [-0.1, -0.05) is 13.8 Å². The van der Waals surface area contributed by atoms with E-state index in [2.05, 4.69) is 28.7 Å². The van der Waals surface area contributed by atoms with Gasteiger partial charge in [0.1, 0.15) is 0 Å². The first kappa shape index (κ1) is 12.1. The number of hydrogen-bond acceptors (Lipinski definition) is 5. The van der Waals surface area contributed by atoms with E-state index >= 15 is 0 Å². The average Bonchev–Trinajstić information content (AvgIpc) is 2.71. The van der Waals surface area contributed by atoms with Crippen molar-refractivity contribution in [3.63, 3.8) is 0 Å². The fourth-order valence-electron chi connectivity index (χ4n) is 2.30. The lowest BCUT2D eigenvalue weighted by Gasteiger charge is -2.18. The maximum atomic E-state index is 6.14. The van der Waals surface area contributed by atoms with E-state index < -0.39 is 0 Å². The summed E-state index contributed by atoms with van der Waals surface area (Å²) in [6.07, 6.45) is 3.38. The SMILES string of the molecule is COc1cnc(N2C[C@H](C(C)C)[C@@H](N)C2)nc1. The van der Waals surface area contributed by atoms with Gasteiger partial charge in [-0.15, -0.1) is 0 Å². The molecule has 2 atom stereocenters. The normalized spacial score (nSPS) is 24.4. The van der Waals surface area contributed by atoms with Crippen LogP contribution in [0.3, 0.4) is 0 Å². The Balaban J connectivity index is 2.08. The monoisotopic (exact) mass is 236 g/mol. The van der Waals surface area contributed by atoms with Crippen LogP contribution in [0, 0.1) is 11.8 Å². The number of rotatable bonds is 3. The summed E-state index contributed by atoms with van der Waals surface area (Å²) in [7, 11) is 1.61. The number of hydrogen-bond donors (Lipinski definition) is 1. The molecule has 0 spiro atoms. The zero-order valence-electron chi connectivity index (χ0n) is 10.6. The molecule has 0 aromatic carbocycles. The van der Waals surface area contributed by atoms with Crippen LogP contribution in [0.25, 0.3) is 0 Å². The molecule has 0 bridgehead atoms. The van der Waals surface area contributed by atoms with Gasteiger partial charge in [-0.05, 0) is 11.8 Å². The summed E-state index contributed by atoms with van der Waals surface area (Å²) in [6.45, 7) is 6.19. The summed E-state index contributed by atoms with van der Waals surface area (Å²) in [5.41, 5.74) is 6.14. The maximum absolute atomic E-state index is 6.14. The van der Waals surface area contributed by atoms with E-state index in [0.717, 1.165) is 19.0 Å². The summed E-state index contributed by atoms with van der Waals surface area (Å²) < 4.78 is 5.04. The van der Waals surface area contributed by atoms with Gasteiger partial charge in [-0.2, -0.15) is 0 Å². The highest BCUT2D eigenvalue weighted by atomic mass is 16.5. The lowest BCUT2D eigenvalue weighted by atomic mass is 9.92. The van der Waals surface area contributed by atoms with Crippen molar-refractivity contribution in [3.05, 3.63) is 12.4 Å². The Labute approximate surface area is 102 Å². The number of nitrogens with two attached hydrogens (primary N) is 1. The van der Waals surface area contributed by atoms with Gasteiger partial charge >= 0.3 is 0 Å². The van der Waals surface area contributed by atoms with Crippen molar-refractivity contribution in [2.45, 2.75) is 19.9 Å². The first-order valence-electron chi connectivity index (χ1n) is 5.98. The third-order valence-corrected chi connectivity index (χ3v) is 3.40. The van der Waals surface area contributed by atoms with Gasteiger partial charge < -0.3 is 15.4 Å². The molecular formula is C12H20N4O. The highest BCUT2D eigenvalue weighted by molar-refractivity contribution is 5.34. The second-order valence-corrected chi connectivity index (χ2v) is 4.90. The van der Waals surface area contributed by atoms with E-state index in [1.54, 1.807) is 19.5 Å². The maximum Gasteiger partial charge on any atom is 0.225 e. The van der Waals surface area contributed by atoms with E-state index in [1.807, 2.05) is 0 Å². The predicted molar refractivity (Wildman–Crippen MR) is 67.1 cm³/mol. The number of methoxy groups -OCH3 is 1. The molecule has 0 saturated carbocycles. The van der Waals surface area contributed by atoms with Crippen molar-refractivity contribution in [2.75, 3.05) is 25.1 Å². The Morgan fingerprint density at radius 3 is 2.47 bits per heavy atom. The van der Waals surface area contributed by atoms with Gasteiger partial charge in [-0.25, -0.2) is 9.97 Å². The van der Waals surface area contributed by atoms with Gasteiger partial charge in [0.25, 0.3) is 0 Å². The Morgan fingerprint density at radius 2 is 2.00 bits per heavy atom. The quantitative estimate of drug-likeness (QED) is 0.845. The molecule has 5 heteroatoms. The molecule has 0 amide bonds. The second-order valence-electron chi connectivity index (χ2n) is 4.90. The Bertz CT molecular complexity index is 365. The van der Waals surface area contributed by atoms with Crippen molar-refractivity contribution in [1.82, 2.24) is 9.97 Å². The zero-order chi connectivity index (χ0) is 12.4. The Morgan fingerprint density at radius 1 is 1.35 bits per heavy atom. The molecule has 17 heavy (non-hydrogen) atoms. The van der Waals surface area contributed by atoms with Crippen molar-refractivity contribution in [3.8, 4) is 5.75 Å². The molecule has 0 aliphatic carbocycles.